The van der Waals surface area contributed by atoms with E-state index in [1.54, 1.807) is 27.9 Å². The lowest BCUT2D eigenvalue weighted by Gasteiger charge is -2.21. The number of likely N-dealkylation sites (tertiary alicyclic amines) is 1. The zero-order chi connectivity index (χ0) is 16.5. The zero-order valence-corrected chi connectivity index (χ0v) is 13.3. The zero-order valence-electron chi connectivity index (χ0n) is 13.3. The fourth-order valence-electron chi connectivity index (χ4n) is 2.97. The molecule has 0 radical (unpaired) electrons. The molecule has 1 amide bonds. The molecule has 1 aliphatic rings. The summed E-state index contributed by atoms with van der Waals surface area (Å²) in [5, 5.41) is 8.30. The van der Waals surface area contributed by atoms with Gasteiger partial charge in [0.05, 0.1) is 12.5 Å². The van der Waals surface area contributed by atoms with Crippen molar-refractivity contribution < 1.29 is 9.32 Å². The van der Waals surface area contributed by atoms with Crippen molar-refractivity contribution in [3.8, 4) is 0 Å². The highest BCUT2D eigenvalue weighted by Crippen LogP contribution is 2.30. The van der Waals surface area contributed by atoms with E-state index in [1.807, 2.05) is 6.92 Å². The van der Waals surface area contributed by atoms with Crippen molar-refractivity contribution in [2.45, 2.75) is 38.6 Å². The van der Waals surface area contributed by atoms with Gasteiger partial charge in [0.1, 0.15) is 0 Å². The van der Waals surface area contributed by atoms with Crippen LogP contribution in [0.15, 0.2) is 23.0 Å². The molecule has 124 valence electrons. The maximum atomic E-state index is 12.7. The summed E-state index contributed by atoms with van der Waals surface area (Å²) >= 11 is 0. The number of rotatable bonds is 4. The second-order valence-corrected chi connectivity index (χ2v) is 5.71. The quantitative estimate of drug-likeness (QED) is 0.703. The molecule has 0 spiro atoms. The first kappa shape index (κ1) is 14.7. The molecule has 0 N–H and O–H groups in total. The van der Waals surface area contributed by atoms with Crippen molar-refractivity contribution in [2.24, 2.45) is 0 Å². The van der Waals surface area contributed by atoms with Crippen molar-refractivity contribution in [1.82, 2.24) is 34.6 Å². The van der Waals surface area contributed by atoms with Crippen molar-refractivity contribution >= 4 is 11.7 Å². The third kappa shape index (κ3) is 2.61. The third-order valence-electron chi connectivity index (χ3n) is 4.13. The molecule has 1 aliphatic heterocycles. The SMILES string of the molecule is CCc1nc([C@@H]2CCCN2C(=O)Cc2nc3ncccn3n2)no1. The number of amides is 1. The number of hydrogen-bond donors (Lipinski definition) is 0. The van der Waals surface area contributed by atoms with Crippen LogP contribution in [0, 0.1) is 0 Å². The summed E-state index contributed by atoms with van der Waals surface area (Å²) in [4.78, 5) is 27.2. The van der Waals surface area contributed by atoms with Gasteiger partial charge in [-0.2, -0.15) is 9.97 Å². The van der Waals surface area contributed by atoms with E-state index in [4.69, 9.17) is 4.52 Å². The summed E-state index contributed by atoms with van der Waals surface area (Å²) in [6.45, 7) is 2.64. The Morgan fingerprint density at radius 2 is 2.33 bits per heavy atom. The van der Waals surface area contributed by atoms with Gasteiger partial charge >= 0.3 is 0 Å². The molecule has 3 aromatic rings. The number of fused-ring (bicyclic) bond motifs is 1. The van der Waals surface area contributed by atoms with Gasteiger partial charge < -0.3 is 9.42 Å². The van der Waals surface area contributed by atoms with Crippen molar-refractivity contribution in [2.75, 3.05) is 6.54 Å². The van der Waals surface area contributed by atoms with Crippen LogP contribution < -0.4 is 0 Å². The number of aryl methyl sites for hydroxylation is 1. The summed E-state index contributed by atoms with van der Waals surface area (Å²) < 4.78 is 6.74. The van der Waals surface area contributed by atoms with Gasteiger partial charge in [-0.15, -0.1) is 5.10 Å². The first-order chi connectivity index (χ1) is 11.7. The van der Waals surface area contributed by atoms with Crippen LogP contribution in [0.2, 0.25) is 0 Å². The van der Waals surface area contributed by atoms with Crippen LogP contribution in [0.4, 0.5) is 0 Å². The predicted molar refractivity (Wildman–Crippen MR) is 81.9 cm³/mol. The summed E-state index contributed by atoms with van der Waals surface area (Å²) in [5.74, 6) is 2.10. The second-order valence-electron chi connectivity index (χ2n) is 5.71. The van der Waals surface area contributed by atoms with Crippen LogP contribution in [0.3, 0.4) is 0 Å². The van der Waals surface area contributed by atoms with Crippen LogP contribution in [0.5, 0.6) is 0 Å². The van der Waals surface area contributed by atoms with Gasteiger partial charge in [-0.3, -0.25) is 4.79 Å². The average molecular weight is 327 g/mol. The summed E-state index contributed by atoms with van der Waals surface area (Å²) in [6.07, 6.45) is 5.99. The van der Waals surface area contributed by atoms with Crippen molar-refractivity contribution in [3.63, 3.8) is 0 Å². The Labute approximate surface area is 137 Å². The largest absolute Gasteiger partial charge is 0.339 e. The van der Waals surface area contributed by atoms with Gasteiger partial charge in [0.15, 0.2) is 11.6 Å². The summed E-state index contributed by atoms with van der Waals surface area (Å²) in [7, 11) is 0. The van der Waals surface area contributed by atoms with Gasteiger partial charge in [0.2, 0.25) is 11.8 Å². The van der Waals surface area contributed by atoms with Gasteiger partial charge in [0.25, 0.3) is 5.78 Å². The monoisotopic (exact) mass is 327 g/mol. The van der Waals surface area contributed by atoms with Crippen LogP contribution in [-0.2, 0) is 17.6 Å². The number of carbonyl (C=O) groups excluding carboxylic acids is 1. The Kier molecular flexibility index (Phi) is 3.68. The number of hydrogen-bond acceptors (Lipinski definition) is 7. The van der Waals surface area contributed by atoms with E-state index in [0.29, 0.717) is 36.3 Å². The maximum absolute atomic E-state index is 12.7. The van der Waals surface area contributed by atoms with E-state index in [1.165, 1.54) is 0 Å². The van der Waals surface area contributed by atoms with Gasteiger partial charge in [0, 0.05) is 25.4 Å². The van der Waals surface area contributed by atoms with E-state index in [0.717, 1.165) is 12.8 Å². The fourth-order valence-corrected chi connectivity index (χ4v) is 2.97. The molecule has 1 atom stereocenters. The number of nitrogens with zero attached hydrogens (tertiary/aromatic N) is 7. The van der Waals surface area contributed by atoms with E-state index in [-0.39, 0.29) is 18.4 Å². The molecule has 3 aromatic heterocycles. The normalized spacial score (nSPS) is 17.7. The highest BCUT2D eigenvalue weighted by Gasteiger charge is 2.33. The predicted octanol–water partition coefficient (Wildman–Crippen LogP) is 0.976. The highest BCUT2D eigenvalue weighted by molar-refractivity contribution is 5.78. The molecule has 0 aromatic carbocycles. The van der Waals surface area contributed by atoms with E-state index < -0.39 is 0 Å². The van der Waals surface area contributed by atoms with Crippen LogP contribution in [0.1, 0.15) is 43.3 Å². The molecule has 0 bridgehead atoms. The fraction of sp³-hybridized carbons (Fsp3) is 0.467. The molecule has 4 rings (SSSR count). The van der Waals surface area contributed by atoms with Crippen LogP contribution in [-0.4, -0.2) is 47.1 Å². The van der Waals surface area contributed by atoms with Crippen molar-refractivity contribution in [1.29, 1.82) is 0 Å². The minimum atomic E-state index is -0.128. The average Bonchev–Trinajstić information content (AvgIpc) is 3.31. The summed E-state index contributed by atoms with van der Waals surface area (Å²) in [5.41, 5.74) is 0. The van der Waals surface area contributed by atoms with Gasteiger partial charge in [-0.25, -0.2) is 9.50 Å². The Morgan fingerprint density at radius 3 is 3.12 bits per heavy atom. The first-order valence-electron chi connectivity index (χ1n) is 8.03. The second kappa shape index (κ2) is 5.99. The van der Waals surface area contributed by atoms with Gasteiger partial charge in [-0.1, -0.05) is 12.1 Å². The molecular weight excluding hydrogens is 310 g/mol. The lowest BCUT2D eigenvalue weighted by molar-refractivity contribution is -0.131. The minimum Gasteiger partial charge on any atom is -0.339 e. The Balaban J connectivity index is 1.52. The topological polar surface area (TPSA) is 102 Å². The molecule has 0 saturated carbocycles. The Hall–Kier alpha value is -2.84. The van der Waals surface area contributed by atoms with Crippen molar-refractivity contribution in [3.05, 3.63) is 36.0 Å². The molecular formula is C15H17N7O2. The minimum absolute atomic E-state index is 0.0312. The molecule has 9 nitrogen and oxygen atoms in total. The smallest absolute Gasteiger partial charge is 0.252 e. The van der Waals surface area contributed by atoms with E-state index >= 15 is 0 Å². The Morgan fingerprint density at radius 1 is 1.42 bits per heavy atom. The Bertz CT molecular complexity index is 838. The van der Waals surface area contributed by atoms with E-state index in [2.05, 4.69) is 25.2 Å². The first-order valence-corrected chi connectivity index (χ1v) is 8.03. The standard InChI is InChI=1S/C15H17N7O2/c1-2-12-18-14(20-24-12)10-5-3-7-21(10)13(23)9-11-17-15-16-6-4-8-22(15)19-11/h4,6,8,10H,2-3,5,7,9H2,1H3/t10-/m0/s1. The molecule has 0 aliphatic carbocycles. The molecule has 1 fully saturated rings. The lowest BCUT2D eigenvalue weighted by atomic mass is 10.2. The summed E-state index contributed by atoms with van der Waals surface area (Å²) in [6, 6.07) is 1.64. The number of carbonyl (C=O) groups is 1. The molecule has 4 heterocycles. The molecule has 24 heavy (non-hydrogen) atoms. The lowest BCUT2D eigenvalue weighted by Crippen LogP contribution is -2.32. The molecule has 0 unspecified atom stereocenters. The molecule has 1 saturated heterocycles. The van der Waals surface area contributed by atoms with Gasteiger partial charge in [-0.05, 0) is 18.9 Å². The third-order valence-corrected chi connectivity index (χ3v) is 4.13. The van der Waals surface area contributed by atoms with Crippen LogP contribution in [0.25, 0.3) is 5.78 Å². The van der Waals surface area contributed by atoms with E-state index in [9.17, 15) is 4.79 Å². The number of aromatic nitrogens is 6. The van der Waals surface area contributed by atoms with Crippen LogP contribution >= 0.6 is 0 Å². The highest BCUT2D eigenvalue weighted by atomic mass is 16.5. The maximum Gasteiger partial charge on any atom is 0.252 e. The molecule has 9 heteroatoms.